The van der Waals surface area contributed by atoms with Crippen LogP contribution in [0.3, 0.4) is 0 Å². The smallest absolute Gasteiger partial charge is 0.0951 e. The van der Waals surface area contributed by atoms with Crippen LogP contribution in [0.2, 0.25) is 0 Å². The third-order valence-corrected chi connectivity index (χ3v) is 3.63. The SMILES string of the molecule is C(=N/Nc1cccc2cccnc12)/c1ccc2ccccc2n1. The molecule has 2 aromatic heterocycles. The van der Waals surface area contributed by atoms with Crippen LogP contribution >= 0.6 is 0 Å². The van der Waals surface area contributed by atoms with Crippen molar-refractivity contribution in [3.05, 3.63) is 78.6 Å². The van der Waals surface area contributed by atoms with Crippen molar-refractivity contribution in [3.8, 4) is 0 Å². The molecule has 2 heterocycles. The third kappa shape index (κ3) is 2.74. The van der Waals surface area contributed by atoms with E-state index in [1.165, 1.54) is 0 Å². The summed E-state index contributed by atoms with van der Waals surface area (Å²) in [4.78, 5) is 8.96. The lowest BCUT2D eigenvalue weighted by Crippen LogP contribution is -1.94. The highest BCUT2D eigenvalue weighted by molar-refractivity contribution is 5.91. The number of para-hydroxylation sites is 2. The van der Waals surface area contributed by atoms with E-state index in [4.69, 9.17) is 0 Å². The molecule has 0 bridgehead atoms. The fraction of sp³-hybridized carbons (Fsp3) is 0. The zero-order valence-electron chi connectivity index (χ0n) is 12.3. The first-order valence-electron chi connectivity index (χ1n) is 7.39. The highest BCUT2D eigenvalue weighted by Gasteiger charge is 2.00. The van der Waals surface area contributed by atoms with Gasteiger partial charge in [-0.1, -0.05) is 42.5 Å². The van der Waals surface area contributed by atoms with Gasteiger partial charge in [0, 0.05) is 17.0 Å². The average molecular weight is 298 g/mol. The maximum Gasteiger partial charge on any atom is 0.0951 e. The highest BCUT2D eigenvalue weighted by atomic mass is 15.3. The number of rotatable bonds is 3. The lowest BCUT2D eigenvalue weighted by atomic mass is 10.2. The van der Waals surface area contributed by atoms with E-state index < -0.39 is 0 Å². The van der Waals surface area contributed by atoms with Crippen molar-refractivity contribution in [2.45, 2.75) is 0 Å². The van der Waals surface area contributed by atoms with E-state index in [-0.39, 0.29) is 0 Å². The Kier molecular flexibility index (Phi) is 3.41. The number of hydrogen-bond acceptors (Lipinski definition) is 4. The van der Waals surface area contributed by atoms with Crippen molar-refractivity contribution in [2.24, 2.45) is 5.10 Å². The Hall–Kier alpha value is -3.27. The molecule has 4 aromatic rings. The number of fused-ring (bicyclic) bond motifs is 2. The van der Waals surface area contributed by atoms with Gasteiger partial charge in [-0.15, -0.1) is 0 Å². The molecule has 0 fully saturated rings. The lowest BCUT2D eigenvalue weighted by Gasteiger charge is -2.04. The van der Waals surface area contributed by atoms with Gasteiger partial charge < -0.3 is 0 Å². The van der Waals surface area contributed by atoms with Gasteiger partial charge in [-0.2, -0.15) is 5.10 Å². The Bertz CT molecular complexity index is 1000. The largest absolute Gasteiger partial charge is 0.276 e. The number of nitrogens with one attached hydrogen (secondary N) is 1. The van der Waals surface area contributed by atoms with Crippen LogP contribution in [0.4, 0.5) is 5.69 Å². The number of hydrogen-bond donors (Lipinski definition) is 1. The zero-order chi connectivity index (χ0) is 15.5. The van der Waals surface area contributed by atoms with Crippen LogP contribution in [0.1, 0.15) is 5.69 Å². The van der Waals surface area contributed by atoms with Crippen molar-refractivity contribution in [1.82, 2.24) is 9.97 Å². The number of aromatic nitrogens is 2. The van der Waals surface area contributed by atoms with E-state index in [1.54, 1.807) is 12.4 Å². The first-order chi connectivity index (χ1) is 11.4. The topological polar surface area (TPSA) is 50.2 Å². The van der Waals surface area contributed by atoms with Gasteiger partial charge in [0.15, 0.2) is 0 Å². The van der Waals surface area contributed by atoms with Gasteiger partial charge in [0.1, 0.15) is 0 Å². The predicted molar refractivity (Wildman–Crippen MR) is 94.7 cm³/mol. The van der Waals surface area contributed by atoms with Crippen molar-refractivity contribution in [3.63, 3.8) is 0 Å². The Morgan fingerprint density at radius 3 is 2.70 bits per heavy atom. The molecule has 23 heavy (non-hydrogen) atoms. The molecule has 4 nitrogen and oxygen atoms in total. The number of anilines is 1. The molecule has 2 aromatic carbocycles. The molecule has 0 aliphatic rings. The van der Waals surface area contributed by atoms with E-state index in [9.17, 15) is 0 Å². The maximum atomic E-state index is 4.56. The van der Waals surface area contributed by atoms with E-state index in [2.05, 4.69) is 20.5 Å². The molecule has 0 aliphatic carbocycles. The maximum absolute atomic E-state index is 4.56. The second kappa shape index (κ2) is 5.85. The molecule has 110 valence electrons. The second-order valence-corrected chi connectivity index (χ2v) is 5.18. The standard InChI is InChI=1S/C19H14N4/c1-2-8-17-14(5-1)10-11-16(22-17)13-21-23-18-9-3-6-15-7-4-12-20-19(15)18/h1-13,23H/b21-13-. The van der Waals surface area contributed by atoms with Gasteiger partial charge in [-0.3, -0.25) is 10.4 Å². The van der Waals surface area contributed by atoms with Crippen LogP contribution in [0.25, 0.3) is 21.8 Å². The molecule has 0 spiro atoms. The van der Waals surface area contributed by atoms with Crippen molar-refractivity contribution in [1.29, 1.82) is 0 Å². The fourth-order valence-electron chi connectivity index (χ4n) is 2.52. The Balaban J connectivity index is 1.60. The minimum atomic E-state index is 0.810. The van der Waals surface area contributed by atoms with Gasteiger partial charge in [0.2, 0.25) is 0 Å². The van der Waals surface area contributed by atoms with Gasteiger partial charge in [-0.05, 0) is 24.3 Å². The average Bonchev–Trinajstić information content (AvgIpc) is 2.62. The Morgan fingerprint density at radius 2 is 1.70 bits per heavy atom. The molecule has 0 aliphatic heterocycles. The van der Waals surface area contributed by atoms with Crippen LogP contribution < -0.4 is 5.43 Å². The molecular weight excluding hydrogens is 284 g/mol. The van der Waals surface area contributed by atoms with Crippen LogP contribution in [0, 0.1) is 0 Å². The minimum absolute atomic E-state index is 0.810. The number of benzene rings is 2. The summed E-state index contributed by atoms with van der Waals surface area (Å²) in [5.41, 5.74) is 6.60. The summed E-state index contributed by atoms with van der Waals surface area (Å²) in [5, 5.41) is 6.49. The summed E-state index contributed by atoms with van der Waals surface area (Å²) in [6.45, 7) is 0. The molecule has 1 N–H and O–H groups in total. The summed E-state index contributed by atoms with van der Waals surface area (Å²) in [6.07, 6.45) is 3.50. The normalized spacial score (nSPS) is 11.3. The molecule has 0 amide bonds. The monoisotopic (exact) mass is 298 g/mol. The van der Waals surface area contributed by atoms with Crippen LogP contribution in [-0.4, -0.2) is 16.2 Å². The van der Waals surface area contributed by atoms with Crippen LogP contribution in [-0.2, 0) is 0 Å². The van der Waals surface area contributed by atoms with Crippen molar-refractivity contribution < 1.29 is 0 Å². The predicted octanol–water partition coefficient (Wildman–Crippen LogP) is 4.23. The van der Waals surface area contributed by atoms with E-state index in [0.717, 1.165) is 33.2 Å². The van der Waals surface area contributed by atoms with Crippen molar-refractivity contribution in [2.75, 3.05) is 5.43 Å². The van der Waals surface area contributed by atoms with E-state index >= 15 is 0 Å². The number of nitrogens with zero attached hydrogens (tertiary/aromatic N) is 3. The first kappa shape index (κ1) is 13.4. The summed E-state index contributed by atoms with van der Waals surface area (Å²) in [7, 11) is 0. The Labute approximate surface area is 133 Å². The van der Waals surface area contributed by atoms with Crippen LogP contribution in [0.5, 0.6) is 0 Å². The third-order valence-electron chi connectivity index (χ3n) is 3.63. The quantitative estimate of drug-likeness (QED) is 0.455. The minimum Gasteiger partial charge on any atom is -0.276 e. The summed E-state index contributed by atoms with van der Waals surface area (Å²) < 4.78 is 0. The molecule has 0 radical (unpaired) electrons. The molecule has 0 saturated carbocycles. The first-order valence-corrected chi connectivity index (χ1v) is 7.39. The van der Waals surface area contributed by atoms with Gasteiger partial charge >= 0.3 is 0 Å². The van der Waals surface area contributed by atoms with Gasteiger partial charge in [0.05, 0.1) is 28.6 Å². The molecule has 4 rings (SSSR count). The van der Waals surface area contributed by atoms with Crippen LogP contribution in [0.15, 0.2) is 78.0 Å². The number of pyridine rings is 2. The molecule has 4 heteroatoms. The van der Waals surface area contributed by atoms with E-state index in [0.29, 0.717) is 0 Å². The second-order valence-electron chi connectivity index (χ2n) is 5.18. The van der Waals surface area contributed by atoms with E-state index in [1.807, 2.05) is 66.7 Å². The van der Waals surface area contributed by atoms with Gasteiger partial charge in [0.25, 0.3) is 0 Å². The molecule has 0 saturated heterocycles. The van der Waals surface area contributed by atoms with Crippen molar-refractivity contribution >= 4 is 33.7 Å². The number of hydrazone groups is 1. The molecule has 0 unspecified atom stereocenters. The summed E-state index contributed by atoms with van der Waals surface area (Å²) >= 11 is 0. The highest BCUT2D eigenvalue weighted by Crippen LogP contribution is 2.20. The summed E-state index contributed by atoms with van der Waals surface area (Å²) in [6, 6.07) is 22.0. The zero-order valence-corrected chi connectivity index (χ0v) is 12.3. The summed E-state index contributed by atoms with van der Waals surface area (Å²) in [5.74, 6) is 0. The Morgan fingerprint density at radius 1 is 0.826 bits per heavy atom. The lowest BCUT2D eigenvalue weighted by molar-refractivity contribution is 1.31. The molecular formula is C19H14N4. The molecule has 0 atom stereocenters. The van der Waals surface area contributed by atoms with Gasteiger partial charge in [-0.25, -0.2) is 4.98 Å². The fourth-order valence-corrected chi connectivity index (χ4v) is 2.52.